The van der Waals surface area contributed by atoms with Crippen molar-refractivity contribution in [3.05, 3.63) is 35.9 Å². The molecule has 7 nitrogen and oxygen atoms in total. The van der Waals surface area contributed by atoms with Crippen molar-refractivity contribution in [2.45, 2.75) is 77.4 Å². The van der Waals surface area contributed by atoms with Crippen molar-refractivity contribution in [3.63, 3.8) is 0 Å². The molecule has 1 aromatic rings. The summed E-state index contributed by atoms with van der Waals surface area (Å²) in [5.74, 6) is -0.771. The zero-order valence-electron chi connectivity index (χ0n) is 19.2. The summed E-state index contributed by atoms with van der Waals surface area (Å²) in [7, 11) is 2.99. The summed E-state index contributed by atoms with van der Waals surface area (Å²) in [5, 5.41) is 0. The van der Waals surface area contributed by atoms with E-state index < -0.39 is 29.9 Å². The Labute approximate surface area is 180 Å². The molecule has 0 aromatic heterocycles. The fourth-order valence-corrected chi connectivity index (χ4v) is 3.11. The van der Waals surface area contributed by atoms with Gasteiger partial charge < -0.3 is 24.8 Å². The van der Waals surface area contributed by atoms with Crippen LogP contribution in [0.2, 0.25) is 0 Å². The van der Waals surface area contributed by atoms with Gasteiger partial charge in [0.25, 0.3) is 0 Å². The number of rotatable bonds is 12. The third-order valence-corrected chi connectivity index (χ3v) is 4.66. The van der Waals surface area contributed by atoms with Gasteiger partial charge in [-0.1, -0.05) is 50.1 Å². The molecule has 0 saturated carbocycles. The molecule has 0 spiro atoms. The van der Waals surface area contributed by atoms with Crippen LogP contribution in [0, 0.1) is 0 Å². The molecule has 7 heteroatoms. The van der Waals surface area contributed by atoms with E-state index in [0.29, 0.717) is 12.8 Å². The summed E-state index contributed by atoms with van der Waals surface area (Å²) in [5.41, 5.74) is 6.57. The smallest absolute Gasteiger partial charge is 0.329 e. The second-order valence-corrected chi connectivity index (χ2v) is 8.38. The van der Waals surface area contributed by atoms with Gasteiger partial charge in [0.1, 0.15) is 11.6 Å². The molecule has 2 N–H and O–H groups in total. The van der Waals surface area contributed by atoms with Gasteiger partial charge in [-0.2, -0.15) is 0 Å². The Morgan fingerprint density at radius 3 is 2.20 bits per heavy atom. The molecular weight excluding hydrogens is 384 g/mol. The topological polar surface area (TPSA) is 91.1 Å². The molecule has 1 rings (SSSR count). The van der Waals surface area contributed by atoms with Crippen LogP contribution < -0.4 is 5.73 Å². The molecule has 0 saturated heterocycles. The van der Waals surface area contributed by atoms with Crippen LogP contribution in [0.5, 0.6) is 0 Å². The molecule has 0 aliphatic carbocycles. The Morgan fingerprint density at radius 2 is 1.70 bits per heavy atom. The molecule has 0 radical (unpaired) electrons. The van der Waals surface area contributed by atoms with Crippen molar-refractivity contribution < 1.29 is 23.8 Å². The Morgan fingerprint density at radius 1 is 1.10 bits per heavy atom. The zero-order chi connectivity index (χ0) is 22.7. The molecule has 0 unspecified atom stereocenters. The highest BCUT2D eigenvalue weighted by Crippen LogP contribution is 2.19. The number of nitrogens with two attached hydrogens (primary N) is 1. The van der Waals surface area contributed by atoms with Gasteiger partial charge in [-0.25, -0.2) is 4.79 Å². The van der Waals surface area contributed by atoms with Crippen LogP contribution in [-0.2, 0) is 30.2 Å². The molecule has 2 atom stereocenters. The lowest BCUT2D eigenvalue weighted by Crippen LogP contribution is -2.55. The Kier molecular flexibility index (Phi) is 11.0. The fourth-order valence-electron chi connectivity index (χ4n) is 3.11. The number of hydrogen-bond donors (Lipinski definition) is 1. The lowest BCUT2D eigenvalue weighted by molar-refractivity contribution is -0.172. The van der Waals surface area contributed by atoms with Crippen molar-refractivity contribution in [2.24, 2.45) is 5.73 Å². The van der Waals surface area contributed by atoms with Gasteiger partial charge in [-0.3, -0.25) is 4.79 Å². The number of carbonyl (C=O) groups is 2. The van der Waals surface area contributed by atoms with Crippen molar-refractivity contribution >= 4 is 11.9 Å². The fraction of sp³-hybridized carbons (Fsp3) is 0.652. The van der Waals surface area contributed by atoms with Crippen LogP contribution in [-0.4, -0.2) is 61.5 Å². The Bertz CT molecular complexity index is 641. The molecule has 0 aliphatic rings. The molecular formula is C23H38N2O5. The van der Waals surface area contributed by atoms with Crippen molar-refractivity contribution in [3.8, 4) is 0 Å². The maximum Gasteiger partial charge on any atom is 0.329 e. The van der Waals surface area contributed by atoms with Gasteiger partial charge in [0.15, 0.2) is 6.29 Å². The number of benzene rings is 1. The second-order valence-electron chi connectivity index (χ2n) is 8.38. The van der Waals surface area contributed by atoms with E-state index in [4.69, 9.17) is 19.9 Å². The molecule has 0 aliphatic heterocycles. The highest BCUT2D eigenvalue weighted by molar-refractivity contribution is 5.88. The van der Waals surface area contributed by atoms with Gasteiger partial charge in [0, 0.05) is 14.2 Å². The molecule has 0 fully saturated rings. The minimum Gasteiger partial charge on any atom is -0.458 e. The zero-order valence-corrected chi connectivity index (χ0v) is 19.2. The highest BCUT2D eigenvalue weighted by Gasteiger charge is 2.36. The first-order valence-electron chi connectivity index (χ1n) is 10.5. The number of methoxy groups -OCH3 is 2. The van der Waals surface area contributed by atoms with Crippen molar-refractivity contribution in [1.82, 2.24) is 4.90 Å². The minimum absolute atomic E-state index is 0.0853. The van der Waals surface area contributed by atoms with E-state index in [2.05, 4.69) is 0 Å². The second kappa shape index (κ2) is 12.7. The van der Waals surface area contributed by atoms with Crippen LogP contribution in [0.15, 0.2) is 30.3 Å². The normalized spacial score (nSPS) is 13.7. The lowest BCUT2D eigenvalue weighted by Gasteiger charge is -2.35. The number of ether oxygens (including phenoxy) is 3. The van der Waals surface area contributed by atoms with E-state index >= 15 is 0 Å². The summed E-state index contributed by atoms with van der Waals surface area (Å²) < 4.78 is 16.2. The monoisotopic (exact) mass is 422 g/mol. The summed E-state index contributed by atoms with van der Waals surface area (Å²) in [6.07, 6.45) is 1.83. The molecule has 1 amide bonds. The van der Waals surface area contributed by atoms with Gasteiger partial charge in [-0.15, -0.1) is 0 Å². The summed E-state index contributed by atoms with van der Waals surface area (Å²) in [6, 6.07) is 8.01. The van der Waals surface area contributed by atoms with Crippen LogP contribution in [0.25, 0.3) is 0 Å². The SMILES string of the molecule is CCCC[C@@H](C(=O)OC(C)(C)C)N(CC(OC)OC)C(=O)[C@@H](N)Cc1ccccc1. The maximum atomic E-state index is 13.4. The number of amides is 1. The van der Waals surface area contributed by atoms with E-state index in [0.717, 1.165) is 18.4 Å². The van der Waals surface area contributed by atoms with Gasteiger partial charge in [0.2, 0.25) is 5.91 Å². The molecule has 0 heterocycles. The highest BCUT2D eigenvalue weighted by atomic mass is 16.7. The average molecular weight is 423 g/mol. The maximum absolute atomic E-state index is 13.4. The molecule has 30 heavy (non-hydrogen) atoms. The van der Waals surface area contributed by atoms with Crippen molar-refractivity contribution in [1.29, 1.82) is 0 Å². The van der Waals surface area contributed by atoms with E-state index in [1.54, 1.807) is 0 Å². The van der Waals surface area contributed by atoms with Crippen LogP contribution >= 0.6 is 0 Å². The van der Waals surface area contributed by atoms with Crippen LogP contribution in [0.4, 0.5) is 0 Å². The Hall–Kier alpha value is -1.96. The number of nitrogens with zero attached hydrogens (tertiary/aromatic N) is 1. The average Bonchev–Trinajstić information content (AvgIpc) is 2.69. The Balaban J connectivity index is 3.16. The van der Waals surface area contributed by atoms with E-state index in [-0.39, 0.29) is 12.5 Å². The van der Waals surface area contributed by atoms with Crippen LogP contribution in [0.3, 0.4) is 0 Å². The van der Waals surface area contributed by atoms with Gasteiger partial charge >= 0.3 is 5.97 Å². The van der Waals surface area contributed by atoms with Crippen molar-refractivity contribution in [2.75, 3.05) is 20.8 Å². The summed E-state index contributed by atoms with van der Waals surface area (Å²) in [4.78, 5) is 27.9. The van der Waals surface area contributed by atoms with E-state index in [1.807, 2.05) is 58.0 Å². The number of hydrogen-bond acceptors (Lipinski definition) is 6. The number of esters is 1. The minimum atomic E-state index is -0.798. The standard InChI is InChI=1S/C23H38N2O5/c1-7-8-14-19(22(27)30-23(2,3)4)25(16-20(28-5)29-6)21(26)18(24)15-17-12-10-9-11-13-17/h9-13,18-20H,7-8,14-16,24H2,1-6H3/t18-,19-/m0/s1. The third-order valence-electron chi connectivity index (χ3n) is 4.66. The van der Waals surface area contributed by atoms with Gasteiger partial charge in [-0.05, 0) is 39.2 Å². The van der Waals surface area contributed by atoms with E-state index in [1.165, 1.54) is 19.1 Å². The molecule has 1 aromatic carbocycles. The van der Waals surface area contributed by atoms with Gasteiger partial charge in [0.05, 0.1) is 12.6 Å². The number of carbonyl (C=O) groups excluding carboxylic acids is 2. The van der Waals surface area contributed by atoms with E-state index in [9.17, 15) is 9.59 Å². The van der Waals surface area contributed by atoms with Crippen LogP contribution in [0.1, 0.15) is 52.5 Å². The first-order chi connectivity index (χ1) is 14.1. The molecule has 170 valence electrons. The lowest BCUT2D eigenvalue weighted by atomic mass is 10.0. The third kappa shape index (κ3) is 8.81. The first kappa shape index (κ1) is 26.1. The molecule has 0 bridgehead atoms. The predicted octanol–water partition coefficient (Wildman–Crippen LogP) is 2.90. The summed E-state index contributed by atoms with van der Waals surface area (Å²) in [6.45, 7) is 7.54. The predicted molar refractivity (Wildman–Crippen MR) is 117 cm³/mol. The largest absolute Gasteiger partial charge is 0.458 e. The quantitative estimate of drug-likeness (QED) is 0.411. The number of unbranched alkanes of at least 4 members (excludes halogenated alkanes) is 1. The summed E-state index contributed by atoms with van der Waals surface area (Å²) >= 11 is 0. The first-order valence-corrected chi connectivity index (χ1v) is 10.5.